The van der Waals surface area contributed by atoms with E-state index in [1.807, 2.05) is 13.0 Å². The van der Waals surface area contributed by atoms with Gasteiger partial charge in [0.1, 0.15) is 6.54 Å². The average molecular weight is 332 g/mol. The Morgan fingerprint density at radius 2 is 1.96 bits per heavy atom. The first-order valence-electron chi connectivity index (χ1n) is 7.65. The van der Waals surface area contributed by atoms with Gasteiger partial charge in [-0.1, -0.05) is 25.1 Å². The number of amides is 1. The van der Waals surface area contributed by atoms with Gasteiger partial charge in [0, 0.05) is 23.6 Å². The summed E-state index contributed by atoms with van der Waals surface area (Å²) < 4.78 is 11.3. The van der Waals surface area contributed by atoms with Gasteiger partial charge >= 0.3 is 11.9 Å². The second-order valence-corrected chi connectivity index (χ2v) is 5.19. The second-order valence-electron chi connectivity index (χ2n) is 5.19. The Labute approximate surface area is 139 Å². The Hall–Kier alpha value is -2.83. The molecule has 0 aliphatic carbocycles. The predicted octanol–water partition coefficient (Wildman–Crippen LogP) is 1.50. The van der Waals surface area contributed by atoms with Crippen LogP contribution in [0, 0.1) is 0 Å². The molecule has 2 aromatic rings. The standard InChI is InChI=1S/C17H20N2O5/c1-3-8-18-15(20)11-24-16(21)10-19-9-13(17(22)23-2)12-6-4-5-7-14(12)19/h4-7,9H,3,8,10-11H2,1-2H3,(H,18,20). The molecule has 7 heteroatoms. The topological polar surface area (TPSA) is 86.6 Å². The molecule has 1 heterocycles. The highest BCUT2D eigenvalue weighted by Crippen LogP contribution is 2.22. The zero-order valence-electron chi connectivity index (χ0n) is 13.7. The molecule has 0 spiro atoms. The average Bonchev–Trinajstić information content (AvgIpc) is 2.96. The molecule has 1 N–H and O–H groups in total. The lowest BCUT2D eigenvalue weighted by Gasteiger charge is -2.07. The molecule has 0 atom stereocenters. The first kappa shape index (κ1) is 17.5. The second kappa shape index (κ2) is 8.14. The molecule has 24 heavy (non-hydrogen) atoms. The molecule has 0 bridgehead atoms. The van der Waals surface area contributed by atoms with E-state index < -0.39 is 11.9 Å². The Morgan fingerprint density at radius 3 is 2.67 bits per heavy atom. The predicted molar refractivity (Wildman–Crippen MR) is 87.5 cm³/mol. The van der Waals surface area contributed by atoms with E-state index >= 15 is 0 Å². The number of hydrogen-bond acceptors (Lipinski definition) is 5. The van der Waals surface area contributed by atoms with Crippen LogP contribution in [0.15, 0.2) is 30.5 Å². The number of ether oxygens (including phenoxy) is 2. The zero-order chi connectivity index (χ0) is 17.5. The number of rotatable bonds is 7. The molecule has 0 aliphatic heterocycles. The molecule has 1 aromatic heterocycles. The van der Waals surface area contributed by atoms with Crippen LogP contribution >= 0.6 is 0 Å². The number of carbonyl (C=O) groups excluding carboxylic acids is 3. The molecular weight excluding hydrogens is 312 g/mol. The number of methoxy groups -OCH3 is 1. The molecule has 0 saturated heterocycles. The van der Waals surface area contributed by atoms with E-state index in [-0.39, 0.29) is 19.1 Å². The van der Waals surface area contributed by atoms with Crippen LogP contribution < -0.4 is 5.32 Å². The van der Waals surface area contributed by atoms with Crippen LogP contribution in [0.25, 0.3) is 10.9 Å². The van der Waals surface area contributed by atoms with Gasteiger partial charge in [-0.05, 0) is 12.5 Å². The SMILES string of the molecule is CCCNC(=O)COC(=O)Cn1cc(C(=O)OC)c2ccccc21. The van der Waals surface area contributed by atoms with Gasteiger partial charge < -0.3 is 19.4 Å². The number of esters is 2. The number of nitrogens with zero attached hydrogens (tertiary/aromatic N) is 1. The van der Waals surface area contributed by atoms with Crippen molar-refractivity contribution in [2.24, 2.45) is 0 Å². The number of carbonyl (C=O) groups is 3. The Bertz CT molecular complexity index is 751. The zero-order valence-corrected chi connectivity index (χ0v) is 13.7. The lowest BCUT2D eigenvalue weighted by molar-refractivity contribution is -0.149. The van der Waals surface area contributed by atoms with Crippen LogP contribution in [-0.2, 0) is 25.6 Å². The van der Waals surface area contributed by atoms with Crippen molar-refractivity contribution >= 4 is 28.7 Å². The van der Waals surface area contributed by atoms with Crippen molar-refractivity contribution in [2.75, 3.05) is 20.3 Å². The fraction of sp³-hybridized carbons (Fsp3) is 0.353. The summed E-state index contributed by atoms with van der Waals surface area (Å²) >= 11 is 0. The van der Waals surface area contributed by atoms with Gasteiger partial charge in [-0.15, -0.1) is 0 Å². The Morgan fingerprint density at radius 1 is 1.21 bits per heavy atom. The third kappa shape index (κ3) is 4.13. The smallest absolute Gasteiger partial charge is 0.340 e. The normalized spacial score (nSPS) is 10.4. The van der Waals surface area contributed by atoms with E-state index in [0.29, 0.717) is 23.0 Å². The van der Waals surface area contributed by atoms with Crippen molar-refractivity contribution < 1.29 is 23.9 Å². The summed E-state index contributed by atoms with van der Waals surface area (Å²) in [5.41, 5.74) is 1.09. The van der Waals surface area contributed by atoms with Gasteiger partial charge in [-0.25, -0.2) is 4.79 Å². The quantitative estimate of drug-likeness (QED) is 0.777. The molecule has 0 fully saturated rings. The molecule has 128 valence electrons. The van der Waals surface area contributed by atoms with Crippen molar-refractivity contribution in [3.8, 4) is 0 Å². The van der Waals surface area contributed by atoms with Crippen LogP contribution in [0.4, 0.5) is 0 Å². The number of hydrogen-bond donors (Lipinski definition) is 1. The molecule has 7 nitrogen and oxygen atoms in total. The minimum Gasteiger partial charge on any atom is -0.465 e. The summed E-state index contributed by atoms with van der Waals surface area (Å²) in [6.07, 6.45) is 2.36. The Kier molecular flexibility index (Phi) is 5.95. The highest BCUT2D eigenvalue weighted by atomic mass is 16.5. The largest absolute Gasteiger partial charge is 0.465 e. The van der Waals surface area contributed by atoms with Crippen LogP contribution in [-0.4, -0.2) is 42.7 Å². The van der Waals surface area contributed by atoms with Gasteiger partial charge in [0.25, 0.3) is 5.91 Å². The number of benzene rings is 1. The molecule has 1 amide bonds. The summed E-state index contributed by atoms with van der Waals surface area (Å²) in [4.78, 5) is 35.2. The molecular formula is C17H20N2O5. The van der Waals surface area contributed by atoms with Crippen LogP contribution in [0.2, 0.25) is 0 Å². The van der Waals surface area contributed by atoms with Gasteiger partial charge in [-0.2, -0.15) is 0 Å². The summed E-state index contributed by atoms with van der Waals surface area (Å²) in [7, 11) is 1.30. The van der Waals surface area contributed by atoms with Crippen LogP contribution in [0.1, 0.15) is 23.7 Å². The number of para-hydroxylation sites is 1. The molecule has 2 rings (SSSR count). The highest BCUT2D eigenvalue weighted by molar-refractivity contribution is 6.04. The molecule has 1 aromatic carbocycles. The fourth-order valence-electron chi connectivity index (χ4n) is 2.30. The van der Waals surface area contributed by atoms with Gasteiger partial charge in [0.15, 0.2) is 6.61 Å². The van der Waals surface area contributed by atoms with Gasteiger partial charge in [0.2, 0.25) is 0 Å². The van der Waals surface area contributed by atoms with E-state index in [0.717, 1.165) is 6.42 Å². The first-order valence-corrected chi connectivity index (χ1v) is 7.65. The van der Waals surface area contributed by atoms with Crippen LogP contribution in [0.5, 0.6) is 0 Å². The molecule has 0 radical (unpaired) electrons. The lowest BCUT2D eigenvalue weighted by Crippen LogP contribution is -2.30. The van der Waals surface area contributed by atoms with Crippen molar-refractivity contribution in [3.63, 3.8) is 0 Å². The van der Waals surface area contributed by atoms with Crippen LogP contribution in [0.3, 0.4) is 0 Å². The third-order valence-electron chi connectivity index (χ3n) is 3.43. The Balaban J connectivity index is 2.08. The van der Waals surface area contributed by atoms with E-state index in [9.17, 15) is 14.4 Å². The number of aromatic nitrogens is 1. The van der Waals surface area contributed by atoms with Crippen molar-refractivity contribution in [1.29, 1.82) is 0 Å². The lowest BCUT2D eigenvalue weighted by atomic mass is 10.2. The summed E-state index contributed by atoms with van der Waals surface area (Å²) in [5.74, 6) is -1.37. The maximum absolute atomic E-state index is 11.9. The minimum atomic E-state index is -0.557. The number of nitrogens with one attached hydrogen (secondary N) is 1. The molecule has 0 aliphatic rings. The van der Waals surface area contributed by atoms with E-state index in [4.69, 9.17) is 9.47 Å². The van der Waals surface area contributed by atoms with E-state index in [1.165, 1.54) is 7.11 Å². The first-order chi connectivity index (χ1) is 11.6. The third-order valence-corrected chi connectivity index (χ3v) is 3.43. The van der Waals surface area contributed by atoms with Crippen molar-refractivity contribution in [3.05, 3.63) is 36.0 Å². The van der Waals surface area contributed by atoms with Gasteiger partial charge in [0.05, 0.1) is 12.7 Å². The van der Waals surface area contributed by atoms with E-state index in [1.54, 1.807) is 29.0 Å². The minimum absolute atomic E-state index is 0.0986. The monoisotopic (exact) mass is 332 g/mol. The van der Waals surface area contributed by atoms with Crippen molar-refractivity contribution in [1.82, 2.24) is 9.88 Å². The summed E-state index contributed by atoms with van der Waals surface area (Å²) in [6, 6.07) is 7.18. The number of fused-ring (bicyclic) bond motifs is 1. The molecule has 0 unspecified atom stereocenters. The van der Waals surface area contributed by atoms with E-state index in [2.05, 4.69) is 5.32 Å². The highest BCUT2D eigenvalue weighted by Gasteiger charge is 2.17. The summed E-state index contributed by atoms with van der Waals surface area (Å²) in [6.45, 7) is 2.06. The molecule has 0 saturated carbocycles. The van der Waals surface area contributed by atoms with Gasteiger partial charge in [-0.3, -0.25) is 9.59 Å². The maximum Gasteiger partial charge on any atom is 0.340 e. The summed E-state index contributed by atoms with van der Waals surface area (Å²) in [5, 5.41) is 3.32. The van der Waals surface area contributed by atoms with Crippen molar-refractivity contribution in [2.45, 2.75) is 19.9 Å². The fourth-order valence-corrected chi connectivity index (χ4v) is 2.30. The maximum atomic E-state index is 11.9.